The Labute approximate surface area is 125 Å². The third-order valence-corrected chi connectivity index (χ3v) is 2.70. The molecule has 21 heavy (non-hydrogen) atoms. The number of nitrogens with zero attached hydrogens (tertiary/aromatic N) is 2. The van der Waals surface area contributed by atoms with E-state index in [1.807, 2.05) is 0 Å². The molecule has 0 atom stereocenters. The molecule has 1 N–H and O–H groups in total. The maximum atomic E-state index is 12.3. The number of ether oxygens (including phenoxy) is 2. The fraction of sp³-hybridized carbons (Fsp3) is 0.167. The van der Waals surface area contributed by atoms with Gasteiger partial charge in [0.15, 0.2) is 0 Å². The molecule has 0 spiro atoms. The van der Waals surface area contributed by atoms with E-state index in [0.29, 0.717) is 4.60 Å². The van der Waals surface area contributed by atoms with Crippen LogP contribution < -0.4 is 9.47 Å². The van der Waals surface area contributed by atoms with Crippen LogP contribution in [0.4, 0.5) is 13.2 Å². The summed E-state index contributed by atoms with van der Waals surface area (Å²) in [7, 11) is 0. The number of benzene rings is 1. The molecule has 112 valence electrons. The minimum Gasteiger partial charge on any atom is -0.439 e. The fourth-order valence-electron chi connectivity index (χ4n) is 1.44. The standard InChI is InChI=1S/C12H8BrF3N2O3/c13-10-4-11(18-6-17-10)20-8-2-1-7(5-19)9(3-8)21-12(14,15)16/h1-4,6,19H,5H2. The Kier molecular flexibility index (Phi) is 4.63. The molecule has 0 aliphatic heterocycles. The van der Waals surface area contributed by atoms with Gasteiger partial charge in [-0.05, 0) is 28.1 Å². The largest absolute Gasteiger partial charge is 0.573 e. The molecule has 0 bridgehead atoms. The summed E-state index contributed by atoms with van der Waals surface area (Å²) in [5.74, 6) is -0.306. The first-order chi connectivity index (χ1) is 9.87. The van der Waals surface area contributed by atoms with E-state index in [-0.39, 0.29) is 17.2 Å². The maximum Gasteiger partial charge on any atom is 0.573 e. The molecule has 2 aromatic rings. The molecular formula is C12H8BrF3N2O3. The van der Waals surface area contributed by atoms with Crippen LogP contribution in [0.3, 0.4) is 0 Å². The summed E-state index contributed by atoms with van der Waals surface area (Å²) < 4.78 is 46.5. The van der Waals surface area contributed by atoms with E-state index < -0.39 is 18.7 Å². The van der Waals surface area contributed by atoms with E-state index in [0.717, 1.165) is 6.07 Å². The predicted octanol–water partition coefficient (Wildman–Crippen LogP) is 3.42. The third-order valence-electron chi connectivity index (χ3n) is 2.27. The molecule has 0 saturated heterocycles. The van der Waals surface area contributed by atoms with Gasteiger partial charge in [0.05, 0.1) is 6.61 Å². The van der Waals surface area contributed by atoms with Crippen molar-refractivity contribution in [2.45, 2.75) is 13.0 Å². The van der Waals surface area contributed by atoms with Crippen LogP contribution in [0, 0.1) is 0 Å². The van der Waals surface area contributed by atoms with Gasteiger partial charge in [0.2, 0.25) is 5.88 Å². The first kappa shape index (κ1) is 15.5. The minimum absolute atomic E-state index is 0.0106. The lowest BCUT2D eigenvalue weighted by molar-refractivity contribution is -0.275. The van der Waals surface area contributed by atoms with Crippen molar-refractivity contribution in [2.24, 2.45) is 0 Å². The topological polar surface area (TPSA) is 64.5 Å². The first-order valence-electron chi connectivity index (χ1n) is 5.52. The Morgan fingerprint density at radius 1 is 1.19 bits per heavy atom. The number of aliphatic hydroxyl groups is 1. The molecule has 0 amide bonds. The second kappa shape index (κ2) is 6.27. The molecule has 5 nitrogen and oxygen atoms in total. The smallest absolute Gasteiger partial charge is 0.439 e. The van der Waals surface area contributed by atoms with Crippen molar-refractivity contribution >= 4 is 15.9 Å². The molecule has 1 aromatic heterocycles. The van der Waals surface area contributed by atoms with Gasteiger partial charge in [0.1, 0.15) is 22.4 Å². The van der Waals surface area contributed by atoms with E-state index in [1.165, 1.54) is 24.5 Å². The predicted molar refractivity (Wildman–Crippen MR) is 68.9 cm³/mol. The van der Waals surface area contributed by atoms with Crippen molar-refractivity contribution in [3.05, 3.63) is 40.8 Å². The monoisotopic (exact) mass is 364 g/mol. The van der Waals surface area contributed by atoms with Crippen LogP contribution in [0.25, 0.3) is 0 Å². The molecule has 2 rings (SSSR count). The van der Waals surface area contributed by atoms with Crippen LogP contribution in [-0.4, -0.2) is 21.4 Å². The summed E-state index contributed by atoms with van der Waals surface area (Å²) >= 11 is 3.11. The van der Waals surface area contributed by atoms with E-state index in [4.69, 9.17) is 9.84 Å². The van der Waals surface area contributed by atoms with Gasteiger partial charge < -0.3 is 14.6 Å². The van der Waals surface area contributed by atoms with Crippen molar-refractivity contribution in [3.63, 3.8) is 0 Å². The summed E-state index contributed by atoms with van der Waals surface area (Å²) in [5, 5.41) is 9.02. The Hall–Kier alpha value is -1.87. The van der Waals surface area contributed by atoms with Gasteiger partial charge in [-0.15, -0.1) is 13.2 Å². The fourth-order valence-corrected chi connectivity index (χ4v) is 1.73. The second-order valence-corrected chi connectivity index (χ2v) is 4.57. The first-order valence-corrected chi connectivity index (χ1v) is 6.31. The van der Waals surface area contributed by atoms with Crippen LogP contribution in [0.1, 0.15) is 5.56 Å². The number of halogens is 4. The molecule has 0 unspecified atom stereocenters. The molecular weight excluding hydrogens is 357 g/mol. The van der Waals surface area contributed by atoms with E-state index in [1.54, 1.807) is 0 Å². The molecule has 9 heteroatoms. The van der Waals surface area contributed by atoms with E-state index >= 15 is 0 Å². The summed E-state index contributed by atoms with van der Waals surface area (Å²) in [4.78, 5) is 7.60. The Morgan fingerprint density at radius 2 is 1.95 bits per heavy atom. The van der Waals surface area contributed by atoms with Crippen molar-refractivity contribution in [3.8, 4) is 17.4 Å². The van der Waals surface area contributed by atoms with Gasteiger partial charge in [-0.1, -0.05) is 0 Å². The normalized spacial score (nSPS) is 11.3. The molecule has 0 fully saturated rings. The van der Waals surface area contributed by atoms with Crippen LogP contribution in [0.2, 0.25) is 0 Å². The highest BCUT2D eigenvalue weighted by Crippen LogP contribution is 2.32. The van der Waals surface area contributed by atoms with Gasteiger partial charge in [0.25, 0.3) is 0 Å². The Bertz CT molecular complexity index is 637. The molecule has 0 saturated carbocycles. The molecule has 0 radical (unpaired) electrons. The van der Waals surface area contributed by atoms with Gasteiger partial charge >= 0.3 is 6.36 Å². The molecule has 0 aliphatic carbocycles. The van der Waals surface area contributed by atoms with E-state index in [2.05, 4.69) is 30.6 Å². The highest BCUT2D eigenvalue weighted by Gasteiger charge is 2.32. The second-order valence-electron chi connectivity index (χ2n) is 3.76. The van der Waals surface area contributed by atoms with E-state index in [9.17, 15) is 13.2 Å². The quantitative estimate of drug-likeness (QED) is 0.842. The zero-order valence-corrected chi connectivity index (χ0v) is 11.8. The minimum atomic E-state index is -4.86. The van der Waals surface area contributed by atoms with Crippen molar-refractivity contribution in [1.82, 2.24) is 9.97 Å². The van der Waals surface area contributed by atoms with Gasteiger partial charge in [0, 0.05) is 17.7 Å². The molecule has 1 heterocycles. The number of rotatable bonds is 4. The summed E-state index contributed by atoms with van der Waals surface area (Å²) in [6.07, 6.45) is -3.63. The van der Waals surface area contributed by atoms with Crippen LogP contribution in [-0.2, 0) is 6.61 Å². The number of aliphatic hydroxyl groups excluding tert-OH is 1. The summed E-state index contributed by atoms with van der Waals surface area (Å²) in [6.45, 7) is -0.593. The lowest BCUT2D eigenvalue weighted by Gasteiger charge is -2.13. The average Bonchev–Trinajstić information content (AvgIpc) is 2.37. The molecule has 0 aliphatic rings. The summed E-state index contributed by atoms with van der Waals surface area (Å²) in [6, 6.07) is 5.14. The zero-order valence-electron chi connectivity index (χ0n) is 10.3. The van der Waals surface area contributed by atoms with Crippen molar-refractivity contribution in [1.29, 1.82) is 0 Å². The number of alkyl halides is 3. The Morgan fingerprint density at radius 3 is 2.57 bits per heavy atom. The van der Waals surface area contributed by atoms with Gasteiger partial charge in [-0.3, -0.25) is 0 Å². The lowest BCUT2D eigenvalue weighted by Crippen LogP contribution is -2.18. The van der Waals surface area contributed by atoms with Gasteiger partial charge in [-0.25, -0.2) is 9.97 Å². The van der Waals surface area contributed by atoms with Gasteiger partial charge in [-0.2, -0.15) is 0 Å². The van der Waals surface area contributed by atoms with Crippen molar-refractivity contribution in [2.75, 3.05) is 0 Å². The Balaban J connectivity index is 2.27. The lowest BCUT2D eigenvalue weighted by atomic mass is 10.2. The number of hydrogen-bond donors (Lipinski definition) is 1. The molecule has 1 aromatic carbocycles. The highest BCUT2D eigenvalue weighted by atomic mass is 79.9. The zero-order chi connectivity index (χ0) is 15.5. The highest BCUT2D eigenvalue weighted by molar-refractivity contribution is 9.10. The number of hydrogen-bond acceptors (Lipinski definition) is 5. The van der Waals surface area contributed by atoms with Crippen LogP contribution in [0.15, 0.2) is 35.2 Å². The third kappa shape index (κ3) is 4.57. The van der Waals surface area contributed by atoms with Crippen LogP contribution >= 0.6 is 15.9 Å². The number of aromatic nitrogens is 2. The summed E-state index contributed by atoms with van der Waals surface area (Å²) in [5.41, 5.74) is -0.0106. The van der Waals surface area contributed by atoms with Crippen molar-refractivity contribution < 1.29 is 27.8 Å². The van der Waals surface area contributed by atoms with Crippen LogP contribution in [0.5, 0.6) is 17.4 Å². The SMILES string of the molecule is OCc1ccc(Oc2cc(Br)ncn2)cc1OC(F)(F)F. The average molecular weight is 365 g/mol. The maximum absolute atomic E-state index is 12.3.